The maximum atomic E-state index is 10.1. The van der Waals surface area contributed by atoms with Crippen molar-refractivity contribution in [1.29, 1.82) is 0 Å². The quantitative estimate of drug-likeness (QED) is 0.530. The lowest BCUT2D eigenvalue weighted by atomic mass is 10.2. The monoisotopic (exact) mass is 291 g/mol. The fraction of sp³-hybridized carbons (Fsp3) is 0.529. The second kappa shape index (κ2) is 8.17. The summed E-state index contributed by atoms with van der Waals surface area (Å²) >= 11 is 0. The molecule has 1 saturated carbocycles. The molecule has 2 rings (SSSR count). The Morgan fingerprint density at radius 3 is 2.95 bits per heavy atom. The smallest absolute Gasteiger partial charge is 0.119 e. The van der Waals surface area contributed by atoms with E-state index in [9.17, 15) is 5.11 Å². The zero-order chi connectivity index (χ0) is 15.1. The zero-order valence-electron chi connectivity index (χ0n) is 12.7. The molecule has 1 atom stereocenters. The van der Waals surface area contributed by atoms with Crippen LogP contribution in [-0.2, 0) is 11.3 Å². The first-order valence-electron chi connectivity index (χ1n) is 7.46. The molecule has 21 heavy (non-hydrogen) atoms. The maximum absolute atomic E-state index is 10.1. The SMILES string of the molecule is C=CCOC[C@@H](O)CN(Cc1cccc(OC)c1)C1CC1. The summed E-state index contributed by atoms with van der Waals surface area (Å²) in [5.74, 6) is 0.873. The molecule has 1 aromatic rings. The van der Waals surface area contributed by atoms with Crippen LogP contribution in [0.2, 0.25) is 0 Å². The molecule has 0 amide bonds. The third kappa shape index (κ3) is 5.50. The van der Waals surface area contributed by atoms with Crippen molar-refractivity contribution < 1.29 is 14.6 Å². The molecule has 116 valence electrons. The number of aliphatic hydroxyl groups is 1. The molecule has 0 unspecified atom stereocenters. The van der Waals surface area contributed by atoms with E-state index >= 15 is 0 Å². The van der Waals surface area contributed by atoms with Gasteiger partial charge in [-0.3, -0.25) is 4.90 Å². The van der Waals surface area contributed by atoms with E-state index in [-0.39, 0.29) is 0 Å². The minimum absolute atomic E-state index is 0.355. The number of nitrogens with zero attached hydrogens (tertiary/aromatic N) is 1. The predicted octanol–water partition coefficient (Wildman–Crippen LogP) is 2.22. The van der Waals surface area contributed by atoms with Crippen LogP contribution in [0, 0.1) is 0 Å². The fourth-order valence-corrected chi connectivity index (χ4v) is 2.40. The Kier molecular flexibility index (Phi) is 6.23. The third-order valence-corrected chi connectivity index (χ3v) is 3.57. The molecule has 4 heteroatoms. The van der Waals surface area contributed by atoms with Crippen molar-refractivity contribution in [2.75, 3.05) is 26.9 Å². The first-order valence-corrected chi connectivity index (χ1v) is 7.46. The molecule has 1 aliphatic carbocycles. The van der Waals surface area contributed by atoms with E-state index in [0.29, 0.717) is 25.8 Å². The molecule has 1 aromatic carbocycles. The number of aliphatic hydroxyl groups excluding tert-OH is 1. The molecule has 1 N–H and O–H groups in total. The number of hydrogen-bond donors (Lipinski definition) is 1. The summed E-state index contributed by atoms with van der Waals surface area (Å²) in [7, 11) is 1.68. The lowest BCUT2D eigenvalue weighted by molar-refractivity contribution is 0.0227. The molecule has 0 bridgehead atoms. The Morgan fingerprint density at radius 1 is 1.48 bits per heavy atom. The van der Waals surface area contributed by atoms with Gasteiger partial charge in [0.1, 0.15) is 5.75 Å². The van der Waals surface area contributed by atoms with E-state index in [1.54, 1.807) is 13.2 Å². The standard InChI is InChI=1S/C17H25NO3/c1-3-9-21-13-16(19)12-18(15-7-8-15)11-14-5-4-6-17(10-14)20-2/h3-6,10,15-16,19H,1,7-9,11-13H2,2H3/t16-/m0/s1. The number of methoxy groups -OCH3 is 1. The molecule has 4 nitrogen and oxygen atoms in total. The van der Waals surface area contributed by atoms with Gasteiger partial charge in [0.2, 0.25) is 0 Å². The summed E-state index contributed by atoms with van der Waals surface area (Å²) in [5, 5.41) is 10.1. The normalized spacial score (nSPS) is 16.0. The van der Waals surface area contributed by atoms with Gasteiger partial charge in [0.05, 0.1) is 26.4 Å². The molecule has 0 saturated heterocycles. The third-order valence-electron chi connectivity index (χ3n) is 3.57. The predicted molar refractivity (Wildman–Crippen MR) is 83.4 cm³/mol. The summed E-state index contributed by atoms with van der Waals surface area (Å²) in [6, 6.07) is 8.69. The Balaban J connectivity index is 1.88. The van der Waals surface area contributed by atoms with Crippen LogP contribution in [0.5, 0.6) is 5.75 Å². The van der Waals surface area contributed by atoms with Gasteiger partial charge in [0, 0.05) is 19.1 Å². The van der Waals surface area contributed by atoms with Crippen molar-refractivity contribution in [2.45, 2.75) is 31.5 Å². The molecule has 0 radical (unpaired) electrons. The van der Waals surface area contributed by atoms with Crippen LogP contribution in [0.4, 0.5) is 0 Å². The van der Waals surface area contributed by atoms with Crippen molar-refractivity contribution in [3.8, 4) is 5.75 Å². The van der Waals surface area contributed by atoms with Crippen molar-refractivity contribution in [3.05, 3.63) is 42.5 Å². The van der Waals surface area contributed by atoms with Crippen molar-refractivity contribution in [1.82, 2.24) is 4.90 Å². The number of hydrogen-bond acceptors (Lipinski definition) is 4. The van der Waals surface area contributed by atoms with Gasteiger partial charge in [-0.05, 0) is 30.5 Å². The van der Waals surface area contributed by atoms with E-state index < -0.39 is 6.10 Å². The summed E-state index contributed by atoms with van der Waals surface area (Å²) in [6.07, 6.45) is 3.66. The van der Waals surface area contributed by atoms with E-state index in [0.717, 1.165) is 12.3 Å². The summed E-state index contributed by atoms with van der Waals surface area (Å²) in [6.45, 7) is 5.91. The summed E-state index contributed by atoms with van der Waals surface area (Å²) in [5.41, 5.74) is 1.21. The highest BCUT2D eigenvalue weighted by Gasteiger charge is 2.30. The highest BCUT2D eigenvalue weighted by molar-refractivity contribution is 5.28. The first-order chi connectivity index (χ1) is 10.2. The number of benzene rings is 1. The van der Waals surface area contributed by atoms with Crippen LogP contribution in [-0.4, -0.2) is 49.0 Å². The second-order valence-corrected chi connectivity index (χ2v) is 5.49. The second-order valence-electron chi connectivity index (χ2n) is 5.49. The van der Waals surface area contributed by atoms with Gasteiger partial charge in [-0.25, -0.2) is 0 Å². The van der Waals surface area contributed by atoms with Gasteiger partial charge in [-0.15, -0.1) is 6.58 Å². The van der Waals surface area contributed by atoms with E-state index in [1.807, 2.05) is 12.1 Å². The molecular formula is C17H25NO3. The van der Waals surface area contributed by atoms with Crippen molar-refractivity contribution >= 4 is 0 Å². The summed E-state index contributed by atoms with van der Waals surface area (Å²) < 4.78 is 10.6. The highest BCUT2D eigenvalue weighted by atomic mass is 16.5. The zero-order valence-corrected chi connectivity index (χ0v) is 12.7. The topological polar surface area (TPSA) is 41.9 Å². The Morgan fingerprint density at radius 2 is 2.29 bits per heavy atom. The molecule has 0 aliphatic heterocycles. The molecule has 1 fully saturated rings. The van der Waals surface area contributed by atoms with Gasteiger partial charge in [-0.1, -0.05) is 18.2 Å². The fourth-order valence-electron chi connectivity index (χ4n) is 2.40. The molecular weight excluding hydrogens is 266 g/mol. The lowest BCUT2D eigenvalue weighted by Crippen LogP contribution is -2.36. The molecule has 0 spiro atoms. The van der Waals surface area contributed by atoms with Gasteiger partial charge in [0.25, 0.3) is 0 Å². The average molecular weight is 291 g/mol. The highest BCUT2D eigenvalue weighted by Crippen LogP contribution is 2.29. The van der Waals surface area contributed by atoms with Crippen molar-refractivity contribution in [3.63, 3.8) is 0 Å². The summed E-state index contributed by atoms with van der Waals surface area (Å²) in [4.78, 5) is 2.33. The van der Waals surface area contributed by atoms with E-state index in [1.165, 1.54) is 18.4 Å². The van der Waals surface area contributed by atoms with Crippen LogP contribution >= 0.6 is 0 Å². The van der Waals surface area contributed by atoms with Crippen LogP contribution in [0.15, 0.2) is 36.9 Å². The molecule has 0 heterocycles. The van der Waals surface area contributed by atoms with Crippen LogP contribution in [0.25, 0.3) is 0 Å². The minimum Gasteiger partial charge on any atom is -0.497 e. The van der Waals surface area contributed by atoms with Crippen LogP contribution in [0.3, 0.4) is 0 Å². The largest absolute Gasteiger partial charge is 0.497 e. The van der Waals surface area contributed by atoms with Gasteiger partial charge >= 0.3 is 0 Å². The Hall–Kier alpha value is -1.36. The minimum atomic E-state index is -0.462. The van der Waals surface area contributed by atoms with Crippen LogP contribution in [0.1, 0.15) is 18.4 Å². The average Bonchev–Trinajstić information content (AvgIpc) is 3.32. The van der Waals surface area contributed by atoms with Gasteiger partial charge in [0.15, 0.2) is 0 Å². The van der Waals surface area contributed by atoms with Crippen LogP contribution < -0.4 is 4.74 Å². The van der Waals surface area contributed by atoms with Crippen molar-refractivity contribution in [2.24, 2.45) is 0 Å². The number of rotatable bonds is 10. The van der Waals surface area contributed by atoms with E-state index in [4.69, 9.17) is 9.47 Å². The Bertz CT molecular complexity index is 445. The first kappa shape index (κ1) is 16.0. The molecule has 0 aromatic heterocycles. The number of ether oxygens (including phenoxy) is 2. The van der Waals surface area contributed by atoms with E-state index in [2.05, 4.69) is 23.6 Å². The lowest BCUT2D eigenvalue weighted by Gasteiger charge is -2.25. The molecule has 1 aliphatic rings. The van der Waals surface area contributed by atoms with Gasteiger partial charge in [-0.2, -0.15) is 0 Å². The Labute approximate surface area is 127 Å². The van der Waals surface area contributed by atoms with Gasteiger partial charge < -0.3 is 14.6 Å². The maximum Gasteiger partial charge on any atom is 0.119 e.